The summed E-state index contributed by atoms with van der Waals surface area (Å²) < 4.78 is 2.15. The zero-order valence-corrected chi connectivity index (χ0v) is 13.3. The largest absolute Gasteiger partial charge is 0.397 e. The molecule has 0 radical (unpaired) electrons. The molecule has 0 aliphatic heterocycles. The average Bonchev–Trinajstić information content (AvgIpc) is 2.80. The third-order valence-electron chi connectivity index (χ3n) is 3.46. The summed E-state index contributed by atoms with van der Waals surface area (Å²) in [5.41, 5.74) is 9.39. The molecule has 3 aromatic rings. The molecule has 1 aromatic heterocycles. The highest BCUT2D eigenvalue weighted by atomic mass is 35.5. The Morgan fingerprint density at radius 3 is 2.62 bits per heavy atom. The normalized spacial score (nSPS) is 11.5. The summed E-state index contributed by atoms with van der Waals surface area (Å²) in [7, 11) is 0. The van der Waals surface area contributed by atoms with Gasteiger partial charge in [-0.15, -0.1) is 0 Å². The quantitative estimate of drug-likeness (QED) is 0.662. The monoisotopic (exact) mass is 319 g/mol. The van der Waals surface area contributed by atoms with Crippen molar-refractivity contribution in [1.29, 1.82) is 0 Å². The smallest absolute Gasteiger partial charge is 0.143 e. The van der Waals surface area contributed by atoms with Crippen LogP contribution in [0.25, 0.3) is 22.4 Å². The molecule has 0 saturated carbocycles. The van der Waals surface area contributed by atoms with E-state index in [-0.39, 0.29) is 6.04 Å². The molecule has 0 unspecified atom stereocenters. The summed E-state index contributed by atoms with van der Waals surface area (Å²) in [6.45, 7) is 4.22. The highest BCUT2D eigenvalue weighted by Gasteiger charge is 2.17. The Hall–Kier alpha value is -1.71. The molecule has 5 heteroatoms. The minimum absolute atomic E-state index is 0.240. The van der Waals surface area contributed by atoms with Crippen LogP contribution in [0.3, 0.4) is 0 Å². The van der Waals surface area contributed by atoms with Gasteiger partial charge in [0.2, 0.25) is 0 Å². The molecule has 2 aromatic carbocycles. The second-order valence-electron chi connectivity index (χ2n) is 5.23. The first-order valence-electron chi connectivity index (χ1n) is 6.71. The van der Waals surface area contributed by atoms with E-state index in [4.69, 9.17) is 33.9 Å². The van der Waals surface area contributed by atoms with Crippen LogP contribution in [0.15, 0.2) is 36.4 Å². The van der Waals surface area contributed by atoms with Gasteiger partial charge in [0, 0.05) is 16.6 Å². The Balaban J connectivity index is 2.36. The molecule has 2 N–H and O–H groups in total. The Kier molecular flexibility index (Phi) is 3.56. The molecule has 108 valence electrons. The zero-order valence-electron chi connectivity index (χ0n) is 11.8. The molecule has 3 rings (SSSR count). The number of fused-ring (bicyclic) bond motifs is 1. The van der Waals surface area contributed by atoms with Crippen molar-refractivity contribution in [3.8, 4) is 11.4 Å². The van der Waals surface area contributed by atoms with Gasteiger partial charge < -0.3 is 10.3 Å². The molecule has 0 amide bonds. The third kappa shape index (κ3) is 2.37. The van der Waals surface area contributed by atoms with E-state index in [1.165, 1.54) is 0 Å². The maximum atomic E-state index is 6.14. The van der Waals surface area contributed by atoms with Crippen molar-refractivity contribution >= 4 is 39.9 Å². The van der Waals surface area contributed by atoms with Crippen molar-refractivity contribution in [3.05, 3.63) is 46.4 Å². The van der Waals surface area contributed by atoms with Crippen LogP contribution in [-0.4, -0.2) is 9.55 Å². The van der Waals surface area contributed by atoms with E-state index >= 15 is 0 Å². The van der Waals surface area contributed by atoms with E-state index < -0.39 is 0 Å². The minimum atomic E-state index is 0.240. The molecule has 0 fully saturated rings. The van der Waals surface area contributed by atoms with Gasteiger partial charge >= 0.3 is 0 Å². The van der Waals surface area contributed by atoms with Crippen molar-refractivity contribution in [2.75, 3.05) is 5.73 Å². The van der Waals surface area contributed by atoms with Gasteiger partial charge in [0.05, 0.1) is 21.7 Å². The molecule has 0 spiro atoms. The fourth-order valence-corrected chi connectivity index (χ4v) is 2.86. The van der Waals surface area contributed by atoms with E-state index in [1.54, 1.807) is 6.07 Å². The molecule has 0 saturated heterocycles. The van der Waals surface area contributed by atoms with Crippen molar-refractivity contribution in [1.82, 2.24) is 9.55 Å². The predicted octanol–water partition coefficient (Wildman–Crippen LogP) is 5.17. The minimum Gasteiger partial charge on any atom is -0.397 e. The number of para-hydroxylation sites is 1. The summed E-state index contributed by atoms with van der Waals surface area (Å²) in [6, 6.07) is 11.5. The van der Waals surface area contributed by atoms with Gasteiger partial charge in [-0.3, -0.25) is 0 Å². The molecule has 0 aliphatic carbocycles. The van der Waals surface area contributed by atoms with Crippen LogP contribution in [0.5, 0.6) is 0 Å². The Morgan fingerprint density at radius 2 is 1.90 bits per heavy atom. The van der Waals surface area contributed by atoms with Gasteiger partial charge in [0.1, 0.15) is 5.82 Å². The van der Waals surface area contributed by atoms with Crippen molar-refractivity contribution in [2.45, 2.75) is 19.9 Å². The van der Waals surface area contributed by atoms with E-state index in [0.717, 1.165) is 22.4 Å². The van der Waals surface area contributed by atoms with Gasteiger partial charge in [-0.05, 0) is 44.2 Å². The van der Waals surface area contributed by atoms with Crippen molar-refractivity contribution < 1.29 is 0 Å². The van der Waals surface area contributed by atoms with Crippen LogP contribution in [0, 0.1) is 0 Å². The first kappa shape index (κ1) is 14.2. The summed E-state index contributed by atoms with van der Waals surface area (Å²) in [5.74, 6) is 0.808. The number of halogens is 2. The molecule has 1 heterocycles. The number of benzene rings is 2. The molecule has 0 bridgehead atoms. The fourth-order valence-electron chi connectivity index (χ4n) is 2.52. The van der Waals surface area contributed by atoms with Gasteiger partial charge in [-0.1, -0.05) is 29.3 Å². The standard InChI is InChI=1S/C16H15Cl2N3/c1-9(2)21-14-7-6-10(17)8-13(14)20-16(21)11-4-3-5-12(18)15(11)19/h3-9H,19H2,1-2H3. The molecule has 3 nitrogen and oxygen atoms in total. The van der Waals surface area contributed by atoms with Crippen LogP contribution < -0.4 is 5.73 Å². The second-order valence-corrected chi connectivity index (χ2v) is 6.08. The van der Waals surface area contributed by atoms with Gasteiger partial charge in [0.25, 0.3) is 0 Å². The van der Waals surface area contributed by atoms with E-state index in [2.05, 4.69) is 18.4 Å². The first-order valence-corrected chi connectivity index (χ1v) is 7.46. The lowest BCUT2D eigenvalue weighted by Gasteiger charge is -2.14. The fraction of sp³-hybridized carbons (Fsp3) is 0.188. The van der Waals surface area contributed by atoms with Crippen molar-refractivity contribution in [3.63, 3.8) is 0 Å². The number of anilines is 1. The highest BCUT2D eigenvalue weighted by molar-refractivity contribution is 6.33. The highest BCUT2D eigenvalue weighted by Crippen LogP contribution is 2.35. The average molecular weight is 320 g/mol. The molecule has 21 heavy (non-hydrogen) atoms. The summed E-state index contributed by atoms with van der Waals surface area (Å²) in [5, 5.41) is 1.20. The number of nitrogens with two attached hydrogens (primary N) is 1. The van der Waals surface area contributed by atoms with Gasteiger partial charge in [-0.25, -0.2) is 4.98 Å². The number of hydrogen-bond acceptors (Lipinski definition) is 2. The number of aromatic nitrogens is 2. The zero-order chi connectivity index (χ0) is 15.1. The van der Waals surface area contributed by atoms with Crippen LogP contribution in [-0.2, 0) is 0 Å². The summed E-state index contributed by atoms with van der Waals surface area (Å²) in [4.78, 5) is 4.71. The summed E-state index contributed by atoms with van der Waals surface area (Å²) in [6.07, 6.45) is 0. The van der Waals surface area contributed by atoms with E-state index in [1.807, 2.05) is 30.3 Å². The third-order valence-corrected chi connectivity index (χ3v) is 4.03. The maximum Gasteiger partial charge on any atom is 0.143 e. The number of hydrogen-bond donors (Lipinski definition) is 1. The number of nitrogens with zero attached hydrogens (tertiary/aromatic N) is 2. The Labute approximate surface area is 133 Å². The van der Waals surface area contributed by atoms with Crippen LogP contribution in [0.2, 0.25) is 10.0 Å². The maximum absolute atomic E-state index is 6.14. The number of imidazole rings is 1. The number of rotatable bonds is 2. The first-order chi connectivity index (χ1) is 9.99. The second kappa shape index (κ2) is 5.24. The lowest BCUT2D eigenvalue weighted by Crippen LogP contribution is -2.04. The lowest BCUT2D eigenvalue weighted by molar-refractivity contribution is 0.624. The molecular formula is C16H15Cl2N3. The Bertz CT molecular complexity index is 822. The Morgan fingerprint density at radius 1 is 1.14 bits per heavy atom. The van der Waals surface area contributed by atoms with Crippen LogP contribution >= 0.6 is 23.2 Å². The predicted molar refractivity (Wildman–Crippen MR) is 90.0 cm³/mol. The molecule has 0 atom stereocenters. The van der Waals surface area contributed by atoms with Crippen molar-refractivity contribution in [2.24, 2.45) is 0 Å². The molecular weight excluding hydrogens is 305 g/mol. The van der Waals surface area contributed by atoms with Gasteiger partial charge in [0.15, 0.2) is 0 Å². The van der Waals surface area contributed by atoms with E-state index in [9.17, 15) is 0 Å². The SMILES string of the molecule is CC(C)n1c(-c2cccc(Cl)c2N)nc2cc(Cl)ccc21. The topological polar surface area (TPSA) is 43.8 Å². The van der Waals surface area contributed by atoms with E-state index in [0.29, 0.717) is 15.7 Å². The van der Waals surface area contributed by atoms with Crippen LogP contribution in [0.4, 0.5) is 5.69 Å². The number of nitrogen functional groups attached to an aromatic ring is 1. The molecule has 0 aliphatic rings. The lowest BCUT2D eigenvalue weighted by atomic mass is 10.1. The van der Waals surface area contributed by atoms with Gasteiger partial charge in [-0.2, -0.15) is 0 Å². The van der Waals surface area contributed by atoms with Crippen LogP contribution in [0.1, 0.15) is 19.9 Å². The summed E-state index contributed by atoms with van der Waals surface area (Å²) >= 11 is 12.2.